The molecule has 1 fully saturated rings. The molecule has 1 atom stereocenters. The standard InChI is InChI=1S/C26H21Cl2NO5/c1-3-34-18-11-7-8-15(12-18)22-21(23(30)16-13-19(27)25(33-2)20(28)14-16)24(31)26(32)29(22)17-9-5-4-6-10-17/h4-14,22,30H,3H2,1-2H3/b23-21+. The number of amides is 1. The first kappa shape index (κ1) is 23.7. The van der Waals surface area contributed by atoms with Gasteiger partial charge in [0.2, 0.25) is 0 Å². The van der Waals surface area contributed by atoms with Crippen molar-refractivity contribution in [1.82, 2.24) is 0 Å². The zero-order chi connectivity index (χ0) is 24.4. The smallest absolute Gasteiger partial charge is 0.300 e. The number of para-hydroxylation sites is 1. The van der Waals surface area contributed by atoms with E-state index in [0.29, 0.717) is 23.6 Å². The van der Waals surface area contributed by atoms with Crippen molar-refractivity contribution in [3.63, 3.8) is 0 Å². The third-order valence-electron chi connectivity index (χ3n) is 5.44. The fourth-order valence-corrected chi connectivity index (χ4v) is 4.63. The predicted molar refractivity (Wildman–Crippen MR) is 132 cm³/mol. The molecule has 6 nitrogen and oxygen atoms in total. The first-order valence-electron chi connectivity index (χ1n) is 10.5. The number of ketones is 1. The molecule has 1 amide bonds. The second kappa shape index (κ2) is 9.79. The van der Waals surface area contributed by atoms with Crippen LogP contribution in [-0.2, 0) is 9.59 Å². The number of nitrogens with zero attached hydrogens (tertiary/aromatic N) is 1. The van der Waals surface area contributed by atoms with Gasteiger partial charge in [0, 0.05) is 11.3 Å². The summed E-state index contributed by atoms with van der Waals surface area (Å²) in [6.07, 6.45) is 0. The number of rotatable bonds is 6. The second-order valence-corrected chi connectivity index (χ2v) is 8.30. The lowest BCUT2D eigenvalue weighted by Gasteiger charge is -2.25. The third-order valence-corrected chi connectivity index (χ3v) is 6.00. The molecule has 0 aromatic heterocycles. The monoisotopic (exact) mass is 497 g/mol. The summed E-state index contributed by atoms with van der Waals surface area (Å²) in [5.41, 5.74) is 1.22. The van der Waals surface area contributed by atoms with Gasteiger partial charge < -0.3 is 14.6 Å². The number of anilines is 1. The molecule has 3 aromatic carbocycles. The fraction of sp³-hybridized carbons (Fsp3) is 0.154. The lowest BCUT2D eigenvalue weighted by molar-refractivity contribution is -0.132. The highest BCUT2D eigenvalue weighted by Gasteiger charge is 2.47. The molecule has 4 rings (SSSR count). The molecule has 1 saturated heterocycles. The summed E-state index contributed by atoms with van der Waals surface area (Å²) in [5, 5.41) is 11.6. The number of aliphatic hydroxyl groups excluding tert-OH is 1. The van der Waals surface area contributed by atoms with Crippen molar-refractivity contribution in [3.05, 3.63) is 93.5 Å². The zero-order valence-electron chi connectivity index (χ0n) is 18.4. The largest absolute Gasteiger partial charge is 0.507 e. The van der Waals surface area contributed by atoms with Crippen molar-refractivity contribution < 1.29 is 24.2 Å². The average molecular weight is 498 g/mol. The van der Waals surface area contributed by atoms with E-state index in [-0.39, 0.29) is 26.9 Å². The van der Waals surface area contributed by atoms with E-state index in [2.05, 4.69) is 0 Å². The van der Waals surface area contributed by atoms with Crippen LogP contribution in [0.1, 0.15) is 24.1 Å². The number of carbonyl (C=O) groups excluding carboxylic acids is 2. The normalized spacial score (nSPS) is 17.2. The quantitative estimate of drug-likeness (QED) is 0.255. The van der Waals surface area contributed by atoms with Gasteiger partial charge >= 0.3 is 0 Å². The van der Waals surface area contributed by atoms with E-state index in [1.165, 1.54) is 24.1 Å². The van der Waals surface area contributed by atoms with Gasteiger partial charge in [-0.05, 0) is 48.9 Å². The molecular formula is C26H21Cl2NO5. The van der Waals surface area contributed by atoms with Crippen LogP contribution in [0, 0.1) is 0 Å². The Morgan fingerprint density at radius 2 is 1.68 bits per heavy atom. The Morgan fingerprint density at radius 1 is 1.00 bits per heavy atom. The van der Waals surface area contributed by atoms with Crippen molar-refractivity contribution in [2.75, 3.05) is 18.6 Å². The number of carbonyl (C=O) groups is 2. The van der Waals surface area contributed by atoms with E-state index in [4.69, 9.17) is 32.7 Å². The Morgan fingerprint density at radius 3 is 2.29 bits per heavy atom. The molecule has 1 heterocycles. The predicted octanol–water partition coefficient (Wildman–Crippen LogP) is 6.03. The van der Waals surface area contributed by atoms with Gasteiger partial charge in [0.1, 0.15) is 11.5 Å². The highest BCUT2D eigenvalue weighted by Crippen LogP contribution is 2.44. The van der Waals surface area contributed by atoms with Crippen LogP contribution in [0.5, 0.6) is 11.5 Å². The first-order chi connectivity index (χ1) is 16.4. The lowest BCUT2D eigenvalue weighted by Crippen LogP contribution is -2.29. The SMILES string of the molecule is CCOc1cccc(C2/C(=C(\O)c3cc(Cl)c(OC)c(Cl)c3)C(=O)C(=O)N2c2ccccc2)c1. The maximum absolute atomic E-state index is 13.3. The number of halogens is 2. The second-order valence-electron chi connectivity index (χ2n) is 7.48. The maximum Gasteiger partial charge on any atom is 0.300 e. The fourth-order valence-electron chi connectivity index (χ4n) is 3.99. The number of aliphatic hydroxyl groups is 1. The summed E-state index contributed by atoms with van der Waals surface area (Å²) < 4.78 is 10.8. The van der Waals surface area contributed by atoms with Crippen LogP contribution in [0.3, 0.4) is 0 Å². The summed E-state index contributed by atoms with van der Waals surface area (Å²) in [7, 11) is 1.42. The topological polar surface area (TPSA) is 76.1 Å². The Labute approximate surface area is 206 Å². The molecule has 1 N–H and O–H groups in total. The van der Waals surface area contributed by atoms with Crippen LogP contribution >= 0.6 is 23.2 Å². The molecule has 1 aliphatic heterocycles. The third kappa shape index (κ3) is 4.22. The van der Waals surface area contributed by atoms with Gasteiger partial charge in [0.25, 0.3) is 11.7 Å². The molecular weight excluding hydrogens is 477 g/mol. The lowest BCUT2D eigenvalue weighted by atomic mass is 9.95. The van der Waals surface area contributed by atoms with Gasteiger partial charge in [0.05, 0.1) is 35.4 Å². The van der Waals surface area contributed by atoms with Gasteiger partial charge in [-0.15, -0.1) is 0 Å². The highest BCUT2D eigenvalue weighted by atomic mass is 35.5. The molecule has 8 heteroatoms. The highest BCUT2D eigenvalue weighted by molar-refractivity contribution is 6.51. The molecule has 0 radical (unpaired) electrons. The summed E-state index contributed by atoms with van der Waals surface area (Å²) >= 11 is 12.5. The van der Waals surface area contributed by atoms with E-state index in [0.717, 1.165) is 0 Å². The number of hydrogen-bond acceptors (Lipinski definition) is 5. The van der Waals surface area contributed by atoms with Crippen LogP contribution in [0.2, 0.25) is 10.0 Å². The van der Waals surface area contributed by atoms with Crippen LogP contribution in [0.15, 0.2) is 72.3 Å². The number of methoxy groups -OCH3 is 1. The minimum atomic E-state index is -0.901. The van der Waals surface area contributed by atoms with E-state index in [1.807, 2.05) is 13.0 Å². The minimum absolute atomic E-state index is 0.0835. The van der Waals surface area contributed by atoms with Crippen LogP contribution in [0.25, 0.3) is 5.76 Å². The van der Waals surface area contributed by atoms with Crippen molar-refractivity contribution >= 4 is 46.3 Å². The molecule has 0 aliphatic carbocycles. The molecule has 34 heavy (non-hydrogen) atoms. The molecule has 1 aliphatic rings. The number of ether oxygens (including phenoxy) is 2. The number of hydrogen-bond donors (Lipinski definition) is 1. The van der Waals surface area contributed by atoms with E-state index in [1.54, 1.807) is 48.5 Å². The van der Waals surface area contributed by atoms with Gasteiger partial charge in [-0.1, -0.05) is 53.5 Å². The summed E-state index contributed by atoms with van der Waals surface area (Å²) in [5.74, 6) is -1.16. The van der Waals surface area contributed by atoms with Crippen LogP contribution < -0.4 is 14.4 Å². The molecule has 174 valence electrons. The molecule has 0 spiro atoms. The number of benzene rings is 3. The molecule has 0 saturated carbocycles. The summed E-state index contributed by atoms with van der Waals surface area (Å²) in [6, 6.07) is 17.9. The van der Waals surface area contributed by atoms with Crippen molar-refractivity contribution in [1.29, 1.82) is 0 Å². The number of Topliss-reactive ketones (excluding diaryl/α,β-unsaturated/α-hetero) is 1. The van der Waals surface area contributed by atoms with E-state index < -0.39 is 23.5 Å². The molecule has 1 unspecified atom stereocenters. The Bertz CT molecular complexity index is 1270. The van der Waals surface area contributed by atoms with E-state index in [9.17, 15) is 14.7 Å². The first-order valence-corrected chi connectivity index (χ1v) is 11.2. The minimum Gasteiger partial charge on any atom is -0.507 e. The van der Waals surface area contributed by atoms with Gasteiger partial charge in [-0.25, -0.2) is 0 Å². The van der Waals surface area contributed by atoms with Crippen LogP contribution in [0.4, 0.5) is 5.69 Å². The zero-order valence-corrected chi connectivity index (χ0v) is 19.9. The Hall–Kier alpha value is -3.48. The molecule has 0 bridgehead atoms. The summed E-state index contributed by atoms with van der Waals surface area (Å²) in [6.45, 7) is 2.31. The average Bonchev–Trinajstić information content (AvgIpc) is 3.10. The van der Waals surface area contributed by atoms with Gasteiger partial charge in [0.15, 0.2) is 5.75 Å². The Kier molecular flexibility index (Phi) is 6.82. The van der Waals surface area contributed by atoms with Crippen molar-refractivity contribution in [2.45, 2.75) is 13.0 Å². The van der Waals surface area contributed by atoms with E-state index >= 15 is 0 Å². The van der Waals surface area contributed by atoms with Crippen molar-refractivity contribution in [2.24, 2.45) is 0 Å². The van der Waals surface area contributed by atoms with Crippen LogP contribution in [-0.4, -0.2) is 30.5 Å². The van der Waals surface area contributed by atoms with Crippen molar-refractivity contribution in [3.8, 4) is 11.5 Å². The van der Waals surface area contributed by atoms with Gasteiger partial charge in [-0.3, -0.25) is 14.5 Å². The van der Waals surface area contributed by atoms with Gasteiger partial charge in [-0.2, -0.15) is 0 Å². The maximum atomic E-state index is 13.3. The Balaban J connectivity index is 1.95. The summed E-state index contributed by atoms with van der Waals surface area (Å²) in [4.78, 5) is 27.8. The molecule has 3 aromatic rings.